The Hall–Kier alpha value is -4.37. The van der Waals surface area contributed by atoms with Crippen LogP contribution >= 0.6 is 12.2 Å². The third kappa shape index (κ3) is 4.45. The van der Waals surface area contributed by atoms with Gasteiger partial charge in [-0.2, -0.15) is 0 Å². The molecule has 0 bridgehead atoms. The Labute approximate surface area is 226 Å². The third-order valence-electron chi connectivity index (χ3n) is 6.78. The zero-order chi connectivity index (χ0) is 27.0. The van der Waals surface area contributed by atoms with Crippen LogP contribution < -0.4 is 20.3 Å². The maximum atomic E-state index is 11.9. The Balaban J connectivity index is 1.69. The molecule has 2 unspecified atom stereocenters. The van der Waals surface area contributed by atoms with Gasteiger partial charge in [0.05, 0.1) is 36.3 Å². The van der Waals surface area contributed by atoms with Crippen LogP contribution in [0.2, 0.25) is 0 Å². The topological polar surface area (TPSA) is 91.7 Å². The SMILES string of the molecule is COc1ccc(N2C(=S)NC(c3ccccn3)C2c2cc(C)n(-c3ccccc3O)c2C)cc1NC(C)=O. The minimum absolute atomic E-state index is 0.198. The lowest BCUT2D eigenvalue weighted by molar-refractivity contribution is -0.114. The quantitative estimate of drug-likeness (QED) is 0.292. The van der Waals surface area contributed by atoms with Crippen molar-refractivity contribution < 1.29 is 14.6 Å². The Kier molecular flexibility index (Phi) is 6.77. The number of phenols is 1. The lowest BCUT2D eigenvalue weighted by atomic mass is 9.96. The number of aryl methyl sites for hydroxylation is 1. The highest BCUT2D eigenvalue weighted by molar-refractivity contribution is 7.80. The molecular formula is C29H29N5O3S. The van der Waals surface area contributed by atoms with Gasteiger partial charge in [0.1, 0.15) is 11.5 Å². The zero-order valence-electron chi connectivity index (χ0n) is 21.6. The molecule has 194 valence electrons. The van der Waals surface area contributed by atoms with Crippen LogP contribution in [0.3, 0.4) is 0 Å². The fourth-order valence-corrected chi connectivity index (χ4v) is 5.54. The van der Waals surface area contributed by atoms with Crippen molar-refractivity contribution >= 4 is 34.6 Å². The summed E-state index contributed by atoms with van der Waals surface area (Å²) in [6, 6.07) is 20.4. The monoisotopic (exact) mass is 527 g/mol. The van der Waals surface area contributed by atoms with E-state index < -0.39 is 0 Å². The zero-order valence-corrected chi connectivity index (χ0v) is 22.4. The molecule has 1 aliphatic rings. The highest BCUT2D eigenvalue weighted by atomic mass is 32.1. The van der Waals surface area contributed by atoms with Crippen molar-refractivity contribution in [2.24, 2.45) is 0 Å². The molecule has 2 atom stereocenters. The van der Waals surface area contributed by atoms with Gasteiger partial charge < -0.3 is 29.9 Å². The van der Waals surface area contributed by atoms with E-state index in [9.17, 15) is 9.90 Å². The molecule has 3 N–H and O–H groups in total. The van der Waals surface area contributed by atoms with Crippen LogP contribution in [0.1, 0.15) is 41.7 Å². The average molecular weight is 528 g/mol. The number of rotatable bonds is 6. The van der Waals surface area contributed by atoms with Gasteiger partial charge in [0, 0.05) is 30.2 Å². The molecule has 1 saturated heterocycles. The summed E-state index contributed by atoms with van der Waals surface area (Å²) in [5, 5.41) is 17.5. The van der Waals surface area contributed by atoms with Crippen molar-refractivity contribution in [3.8, 4) is 17.2 Å². The molecule has 3 heterocycles. The number of aromatic hydroxyl groups is 1. The molecule has 1 aliphatic heterocycles. The number of pyridine rings is 1. The number of carbonyl (C=O) groups excluding carboxylic acids is 1. The summed E-state index contributed by atoms with van der Waals surface area (Å²) in [7, 11) is 1.57. The number of thiocarbonyl (C=S) groups is 1. The van der Waals surface area contributed by atoms with Gasteiger partial charge in [-0.25, -0.2) is 0 Å². The standard InChI is InChI=1S/C29H29N5O3S/c1-17-15-21(18(2)33(17)24-10-5-6-11-25(24)36)28-27(22-9-7-8-14-30-22)32-29(38)34(28)20-12-13-26(37-4)23(16-20)31-19(3)35/h5-16,27-28,36H,1-4H3,(H,31,35)(H,32,38). The van der Waals surface area contributed by atoms with E-state index >= 15 is 0 Å². The van der Waals surface area contributed by atoms with E-state index in [1.807, 2.05) is 68.4 Å². The lowest BCUT2D eigenvalue weighted by Gasteiger charge is -2.29. The van der Waals surface area contributed by atoms with E-state index in [0.29, 0.717) is 22.2 Å². The first-order chi connectivity index (χ1) is 18.3. The number of benzene rings is 2. The number of anilines is 2. The molecule has 38 heavy (non-hydrogen) atoms. The lowest BCUT2D eigenvalue weighted by Crippen LogP contribution is -2.29. The van der Waals surface area contributed by atoms with Crippen LogP contribution in [0, 0.1) is 13.8 Å². The number of ether oxygens (including phenoxy) is 1. The molecule has 4 aromatic rings. The van der Waals surface area contributed by atoms with Crippen LogP contribution in [0.25, 0.3) is 5.69 Å². The van der Waals surface area contributed by atoms with Gasteiger partial charge in [-0.15, -0.1) is 0 Å². The number of nitrogens with one attached hydrogen (secondary N) is 2. The van der Waals surface area contributed by atoms with Crippen molar-refractivity contribution in [1.29, 1.82) is 0 Å². The van der Waals surface area contributed by atoms with Crippen LogP contribution in [0.15, 0.2) is 72.9 Å². The normalized spacial score (nSPS) is 16.8. The average Bonchev–Trinajstić information content (AvgIpc) is 3.39. The van der Waals surface area contributed by atoms with E-state index in [1.165, 1.54) is 6.92 Å². The van der Waals surface area contributed by atoms with Crippen molar-refractivity contribution in [2.75, 3.05) is 17.3 Å². The van der Waals surface area contributed by atoms with Gasteiger partial charge in [0.25, 0.3) is 0 Å². The maximum absolute atomic E-state index is 11.9. The molecular weight excluding hydrogens is 498 g/mol. The number of para-hydroxylation sites is 2. The molecule has 0 saturated carbocycles. The van der Waals surface area contributed by atoms with Gasteiger partial charge in [0.2, 0.25) is 5.91 Å². The fraction of sp³-hybridized carbons (Fsp3) is 0.207. The smallest absolute Gasteiger partial charge is 0.221 e. The molecule has 2 aromatic heterocycles. The first-order valence-electron chi connectivity index (χ1n) is 12.2. The molecule has 5 rings (SSSR count). The first kappa shape index (κ1) is 25.3. The van der Waals surface area contributed by atoms with Crippen LogP contribution in [0.4, 0.5) is 11.4 Å². The minimum Gasteiger partial charge on any atom is -0.506 e. The predicted molar refractivity (Wildman–Crippen MR) is 152 cm³/mol. The Morgan fingerprint density at radius 1 is 1.11 bits per heavy atom. The molecule has 1 amide bonds. The first-order valence-corrected chi connectivity index (χ1v) is 12.6. The van der Waals surface area contributed by atoms with E-state index in [4.69, 9.17) is 17.0 Å². The number of aromatic nitrogens is 2. The predicted octanol–water partition coefficient (Wildman–Crippen LogP) is 5.34. The molecule has 0 spiro atoms. The molecule has 2 aromatic carbocycles. The summed E-state index contributed by atoms with van der Waals surface area (Å²) in [5.74, 6) is 0.559. The number of hydrogen-bond donors (Lipinski definition) is 3. The number of methoxy groups -OCH3 is 1. The van der Waals surface area contributed by atoms with Crippen LogP contribution in [0.5, 0.6) is 11.5 Å². The largest absolute Gasteiger partial charge is 0.506 e. The second kappa shape index (κ2) is 10.2. The van der Waals surface area contributed by atoms with E-state index in [2.05, 4.69) is 31.2 Å². The second-order valence-corrected chi connectivity index (χ2v) is 9.60. The highest BCUT2D eigenvalue weighted by Crippen LogP contribution is 2.45. The van der Waals surface area contributed by atoms with E-state index in [-0.39, 0.29) is 23.7 Å². The van der Waals surface area contributed by atoms with Crippen molar-refractivity contribution in [2.45, 2.75) is 32.9 Å². The number of amides is 1. The number of carbonyl (C=O) groups is 1. The Bertz CT molecular complexity index is 1520. The molecule has 8 nitrogen and oxygen atoms in total. The minimum atomic E-state index is -0.262. The molecule has 9 heteroatoms. The molecule has 1 fully saturated rings. The third-order valence-corrected chi connectivity index (χ3v) is 7.10. The summed E-state index contributed by atoms with van der Waals surface area (Å²) in [5.41, 5.74) is 5.90. The van der Waals surface area contributed by atoms with Gasteiger partial charge in [-0.1, -0.05) is 18.2 Å². The van der Waals surface area contributed by atoms with Crippen molar-refractivity contribution in [3.63, 3.8) is 0 Å². The van der Waals surface area contributed by atoms with Gasteiger partial charge in [-0.05, 0) is 80.2 Å². The molecule has 0 radical (unpaired) electrons. The Morgan fingerprint density at radius 2 is 1.87 bits per heavy atom. The van der Waals surface area contributed by atoms with Crippen LogP contribution in [-0.4, -0.2) is 32.8 Å². The van der Waals surface area contributed by atoms with Gasteiger partial charge in [-0.3, -0.25) is 9.78 Å². The van der Waals surface area contributed by atoms with Crippen LogP contribution in [-0.2, 0) is 4.79 Å². The number of nitrogens with zero attached hydrogens (tertiary/aromatic N) is 3. The van der Waals surface area contributed by atoms with Gasteiger partial charge >= 0.3 is 0 Å². The van der Waals surface area contributed by atoms with Crippen molar-refractivity contribution in [1.82, 2.24) is 14.9 Å². The fourth-order valence-electron chi connectivity index (χ4n) is 5.19. The summed E-state index contributed by atoms with van der Waals surface area (Å²) in [6.45, 7) is 5.52. The number of phenolic OH excluding ortho intramolecular Hbond substituents is 1. The highest BCUT2D eigenvalue weighted by Gasteiger charge is 2.42. The Morgan fingerprint density at radius 3 is 2.55 bits per heavy atom. The summed E-state index contributed by atoms with van der Waals surface area (Å²) < 4.78 is 7.52. The second-order valence-electron chi connectivity index (χ2n) is 9.21. The van der Waals surface area contributed by atoms with Crippen molar-refractivity contribution in [3.05, 3.63) is 95.6 Å². The van der Waals surface area contributed by atoms with E-state index in [0.717, 1.165) is 28.3 Å². The van der Waals surface area contributed by atoms with Gasteiger partial charge in [0.15, 0.2) is 5.11 Å². The summed E-state index contributed by atoms with van der Waals surface area (Å²) >= 11 is 5.89. The summed E-state index contributed by atoms with van der Waals surface area (Å²) in [6.07, 6.45) is 1.77. The molecule has 0 aliphatic carbocycles. The number of hydrogen-bond acceptors (Lipinski definition) is 5. The maximum Gasteiger partial charge on any atom is 0.221 e. The van der Waals surface area contributed by atoms with E-state index in [1.54, 1.807) is 19.4 Å². The summed E-state index contributed by atoms with van der Waals surface area (Å²) in [4.78, 5) is 18.6.